The van der Waals surface area contributed by atoms with Gasteiger partial charge in [0.25, 0.3) is 29.3 Å². The van der Waals surface area contributed by atoms with Gasteiger partial charge in [-0.25, -0.2) is 8.42 Å². The van der Waals surface area contributed by atoms with Gasteiger partial charge in [0.05, 0.1) is 27.9 Å². The molecule has 2 N–H and O–H groups in total. The SMILES string of the molecule is Cc1ccc(S(=O)(=O)Cl)cc1.Cc1ccc(S(=O)(=O)OCCCOS(=O)(=O)c2ccc(C)cc2)cc1.OCCCO. The second-order valence-electron chi connectivity index (χ2n) is 8.58. The van der Waals surface area contributed by atoms with Crippen molar-refractivity contribution in [1.82, 2.24) is 0 Å². The van der Waals surface area contributed by atoms with E-state index in [1.807, 2.05) is 20.8 Å². The predicted molar refractivity (Wildman–Crippen MR) is 156 cm³/mol. The Morgan fingerprint density at radius 2 is 0.829 bits per heavy atom. The molecule has 0 radical (unpaired) electrons. The third kappa shape index (κ3) is 14.4. The fraction of sp³-hybridized carbons (Fsp3) is 0.333. The van der Waals surface area contributed by atoms with Gasteiger partial charge in [0, 0.05) is 23.9 Å². The van der Waals surface area contributed by atoms with E-state index in [0.717, 1.165) is 16.7 Å². The molecule has 3 rings (SSSR count). The Bertz CT molecular complexity index is 1420. The van der Waals surface area contributed by atoms with Crippen LogP contribution in [0.1, 0.15) is 29.5 Å². The number of aliphatic hydroxyl groups is 2. The topological polar surface area (TPSA) is 161 Å². The zero-order valence-corrected chi connectivity index (χ0v) is 26.1. The first kappa shape index (κ1) is 36.7. The Hall–Kier alpha value is -2.36. The van der Waals surface area contributed by atoms with Crippen molar-refractivity contribution in [1.29, 1.82) is 0 Å². The standard InChI is InChI=1S/C17H20O6S2.C7H7ClO2S.C3H8O2/c1-14-4-8-16(9-5-14)24(18,19)22-12-3-13-23-25(20,21)17-10-6-15(2)7-11-17;1-6-2-4-7(5-3-6)11(8,9)10;4-2-1-3-5/h4-11H,3,12-13H2,1-2H3;2-5H,1H3;4-5H,1-3H2. The van der Waals surface area contributed by atoms with Gasteiger partial charge in [-0.2, -0.15) is 16.8 Å². The van der Waals surface area contributed by atoms with Crippen molar-refractivity contribution in [3.63, 3.8) is 0 Å². The van der Waals surface area contributed by atoms with Crippen LogP contribution in [0.3, 0.4) is 0 Å². The molecule has 41 heavy (non-hydrogen) atoms. The molecule has 0 aliphatic rings. The lowest BCUT2D eigenvalue weighted by atomic mass is 10.2. The molecule has 0 bridgehead atoms. The first-order valence-electron chi connectivity index (χ1n) is 12.3. The molecular formula is C27H35ClO10S3. The summed E-state index contributed by atoms with van der Waals surface area (Å²) in [6.07, 6.45) is 0.621. The summed E-state index contributed by atoms with van der Waals surface area (Å²) in [5.41, 5.74) is 2.89. The Morgan fingerprint density at radius 1 is 0.537 bits per heavy atom. The van der Waals surface area contributed by atoms with E-state index < -0.39 is 29.3 Å². The van der Waals surface area contributed by atoms with Gasteiger partial charge in [-0.3, -0.25) is 8.37 Å². The zero-order valence-electron chi connectivity index (χ0n) is 22.9. The lowest BCUT2D eigenvalue weighted by Crippen LogP contribution is -2.12. The van der Waals surface area contributed by atoms with Crippen LogP contribution in [0.5, 0.6) is 0 Å². The van der Waals surface area contributed by atoms with Gasteiger partial charge in [0.1, 0.15) is 0 Å². The van der Waals surface area contributed by atoms with Crippen LogP contribution in [0.25, 0.3) is 0 Å². The van der Waals surface area contributed by atoms with Crippen molar-refractivity contribution in [3.05, 3.63) is 89.5 Å². The van der Waals surface area contributed by atoms with Crippen LogP contribution in [0.4, 0.5) is 0 Å². The highest BCUT2D eigenvalue weighted by Crippen LogP contribution is 2.16. The molecule has 228 valence electrons. The minimum atomic E-state index is -3.85. The average molecular weight is 651 g/mol. The predicted octanol–water partition coefficient (Wildman–Crippen LogP) is 4.09. The minimum absolute atomic E-state index is 0.0614. The number of benzene rings is 3. The highest BCUT2D eigenvalue weighted by atomic mass is 35.7. The Morgan fingerprint density at radius 3 is 1.07 bits per heavy atom. The third-order valence-electron chi connectivity index (χ3n) is 5.00. The second-order valence-corrected chi connectivity index (χ2v) is 14.4. The van der Waals surface area contributed by atoms with Gasteiger partial charge in [-0.05, 0) is 70.0 Å². The number of aryl methyl sites for hydroxylation is 3. The van der Waals surface area contributed by atoms with Gasteiger partial charge in [-0.1, -0.05) is 53.1 Å². The van der Waals surface area contributed by atoms with Crippen LogP contribution in [0.2, 0.25) is 0 Å². The largest absolute Gasteiger partial charge is 0.396 e. The second kappa shape index (κ2) is 17.6. The molecule has 3 aromatic carbocycles. The summed E-state index contributed by atoms with van der Waals surface area (Å²) in [7, 11) is -6.17. The van der Waals surface area contributed by atoms with E-state index in [4.69, 9.17) is 29.3 Å². The molecule has 0 aromatic heterocycles. The number of aliphatic hydroxyl groups excluding tert-OH is 2. The molecule has 0 atom stereocenters. The summed E-state index contributed by atoms with van der Waals surface area (Å²) in [6, 6.07) is 18.9. The molecule has 0 saturated heterocycles. The molecule has 0 aliphatic heterocycles. The maximum absolute atomic E-state index is 12.0. The Balaban J connectivity index is 0.000000431. The van der Waals surface area contributed by atoms with Crippen molar-refractivity contribution in [2.45, 2.75) is 48.3 Å². The smallest absolute Gasteiger partial charge is 0.296 e. The van der Waals surface area contributed by atoms with Gasteiger partial charge in [-0.15, -0.1) is 0 Å². The molecular weight excluding hydrogens is 616 g/mol. The molecule has 0 unspecified atom stereocenters. The van der Waals surface area contributed by atoms with Crippen molar-refractivity contribution in [2.75, 3.05) is 26.4 Å². The first-order valence-corrected chi connectivity index (χ1v) is 17.4. The number of rotatable bonds is 11. The fourth-order valence-corrected chi connectivity index (χ4v) is 5.37. The van der Waals surface area contributed by atoms with Gasteiger partial charge < -0.3 is 10.2 Å². The summed E-state index contributed by atoms with van der Waals surface area (Å²) in [5, 5.41) is 15.8. The molecule has 0 heterocycles. The Kier molecular flexibility index (Phi) is 15.7. The normalized spacial score (nSPS) is 11.6. The molecule has 14 heteroatoms. The van der Waals surface area contributed by atoms with E-state index in [-0.39, 0.29) is 47.5 Å². The lowest BCUT2D eigenvalue weighted by molar-refractivity contribution is 0.221. The van der Waals surface area contributed by atoms with Crippen LogP contribution in [0, 0.1) is 20.8 Å². The summed E-state index contributed by atoms with van der Waals surface area (Å²) >= 11 is 0. The van der Waals surface area contributed by atoms with Crippen LogP contribution >= 0.6 is 10.7 Å². The molecule has 0 saturated carbocycles. The maximum atomic E-state index is 12.0. The third-order valence-corrected chi connectivity index (χ3v) is 9.03. The van der Waals surface area contributed by atoms with Gasteiger partial charge in [0.2, 0.25) is 0 Å². The van der Waals surface area contributed by atoms with E-state index >= 15 is 0 Å². The van der Waals surface area contributed by atoms with Crippen LogP contribution in [-0.4, -0.2) is 61.9 Å². The summed E-state index contributed by atoms with van der Waals surface area (Å²) in [5.74, 6) is 0. The van der Waals surface area contributed by atoms with Crippen molar-refractivity contribution < 1.29 is 43.8 Å². The zero-order chi connectivity index (χ0) is 31.1. The van der Waals surface area contributed by atoms with E-state index in [1.54, 1.807) is 36.4 Å². The lowest BCUT2D eigenvalue weighted by Gasteiger charge is -2.07. The van der Waals surface area contributed by atoms with E-state index in [1.165, 1.54) is 36.4 Å². The van der Waals surface area contributed by atoms with E-state index in [2.05, 4.69) is 0 Å². The van der Waals surface area contributed by atoms with Crippen LogP contribution in [0.15, 0.2) is 87.5 Å². The Labute approximate surface area is 247 Å². The first-order chi connectivity index (χ1) is 19.1. The van der Waals surface area contributed by atoms with Crippen molar-refractivity contribution in [3.8, 4) is 0 Å². The minimum Gasteiger partial charge on any atom is -0.396 e. The maximum Gasteiger partial charge on any atom is 0.296 e. The fourth-order valence-electron chi connectivity index (χ4n) is 2.71. The summed E-state index contributed by atoms with van der Waals surface area (Å²) < 4.78 is 79.1. The van der Waals surface area contributed by atoms with E-state index in [9.17, 15) is 25.3 Å². The summed E-state index contributed by atoms with van der Waals surface area (Å²) in [6.45, 7) is 5.43. The molecule has 3 aromatic rings. The van der Waals surface area contributed by atoms with Crippen LogP contribution in [-0.2, 0) is 37.7 Å². The summed E-state index contributed by atoms with van der Waals surface area (Å²) in [4.78, 5) is 0.266. The van der Waals surface area contributed by atoms with Gasteiger partial charge in [0.15, 0.2) is 0 Å². The highest BCUT2D eigenvalue weighted by molar-refractivity contribution is 8.13. The quantitative estimate of drug-likeness (QED) is 0.176. The number of hydrogen-bond acceptors (Lipinski definition) is 10. The van der Waals surface area contributed by atoms with Crippen LogP contribution < -0.4 is 0 Å². The monoisotopic (exact) mass is 650 g/mol. The molecule has 0 amide bonds. The van der Waals surface area contributed by atoms with Crippen molar-refractivity contribution >= 4 is 40.0 Å². The molecule has 10 nitrogen and oxygen atoms in total. The number of hydrogen-bond donors (Lipinski definition) is 2. The molecule has 0 spiro atoms. The van der Waals surface area contributed by atoms with Gasteiger partial charge >= 0.3 is 0 Å². The molecule has 0 aliphatic carbocycles. The average Bonchev–Trinajstić information content (AvgIpc) is 2.90. The number of halogens is 1. The molecule has 0 fully saturated rings. The van der Waals surface area contributed by atoms with E-state index in [0.29, 0.717) is 6.42 Å². The highest BCUT2D eigenvalue weighted by Gasteiger charge is 2.17. The van der Waals surface area contributed by atoms with Crippen molar-refractivity contribution in [2.24, 2.45) is 0 Å².